The summed E-state index contributed by atoms with van der Waals surface area (Å²) in [4.78, 5) is 39.1. The van der Waals surface area contributed by atoms with Crippen molar-refractivity contribution in [2.45, 2.75) is 71.9 Å². The quantitative estimate of drug-likeness (QED) is 0.359. The van der Waals surface area contributed by atoms with Crippen LogP contribution < -0.4 is 15.0 Å². The number of amides is 2. The molecule has 2 N–H and O–H groups in total. The number of benzene rings is 2. The maximum absolute atomic E-state index is 13.3. The van der Waals surface area contributed by atoms with E-state index in [4.69, 9.17) is 9.84 Å². The maximum atomic E-state index is 13.3. The molecule has 1 unspecified atom stereocenters. The van der Waals surface area contributed by atoms with Gasteiger partial charge in [0, 0.05) is 30.4 Å². The Balaban J connectivity index is 1.46. The molecule has 212 valence electrons. The van der Waals surface area contributed by atoms with Gasteiger partial charge >= 0.3 is 5.97 Å². The second-order valence-corrected chi connectivity index (χ2v) is 10.9. The molecule has 3 aromatic rings. The van der Waals surface area contributed by atoms with Crippen molar-refractivity contribution in [3.05, 3.63) is 65.5 Å². The highest BCUT2D eigenvalue weighted by atomic mass is 16.5. The summed E-state index contributed by atoms with van der Waals surface area (Å²) in [6.45, 7) is 10.0. The fourth-order valence-electron chi connectivity index (χ4n) is 4.88. The second kappa shape index (κ2) is 11.9. The number of aromatic nitrogens is 2. The molecule has 0 spiro atoms. The molecular weight excluding hydrogens is 508 g/mol. The minimum absolute atomic E-state index is 0.0729. The normalized spacial score (nSPS) is 13.9. The van der Waals surface area contributed by atoms with E-state index >= 15 is 0 Å². The number of hydrogen-bond acceptors (Lipinski definition) is 5. The highest BCUT2D eigenvalue weighted by Gasteiger charge is 2.33. The maximum Gasteiger partial charge on any atom is 0.325 e. The van der Waals surface area contributed by atoms with Crippen LogP contribution in [-0.4, -0.2) is 51.9 Å². The van der Waals surface area contributed by atoms with Crippen LogP contribution in [0.4, 0.5) is 5.69 Å². The van der Waals surface area contributed by atoms with E-state index in [1.807, 2.05) is 42.2 Å². The zero-order valence-corrected chi connectivity index (χ0v) is 23.9. The lowest BCUT2D eigenvalue weighted by molar-refractivity contribution is -0.142. The van der Waals surface area contributed by atoms with Crippen molar-refractivity contribution in [2.75, 3.05) is 18.1 Å². The number of carbonyl (C=O) groups is 3. The number of aryl methyl sites for hydroxylation is 1. The molecule has 2 aromatic carbocycles. The minimum atomic E-state index is -1.10. The molecule has 0 bridgehead atoms. The van der Waals surface area contributed by atoms with Crippen molar-refractivity contribution in [3.8, 4) is 16.9 Å². The number of carboxylic acid groups (broad SMARTS) is 1. The largest absolute Gasteiger partial charge is 0.493 e. The van der Waals surface area contributed by atoms with Crippen LogP contribution in [0.15, 0.2) is 48.8 Å². The molecule has 0 aliphatic carbocycles. The Morgan fingerprint density at radius 1 is 1.15 bits per heavy atom. The van der Waals surface area contributed by atoms with Gasteiger partial charge in [-0.05, 0) is 88.3 Å². The zero-order valence-electron chi connectivity index (χ0n) is 23.9. The van der Waals surface area contributed by atoms with Gasteiger partial charge < -0.3 is 20.1 Å². The summed E-state index contributed by atoms with van der Waals surface area (Å²) in [7, 11) is 0. The van der Waals surface area contributed by atoms with Crippen LogP contribution in [0.25, 0.3) is 11.1 Å². The number of carboxylic acids is 1. The van der Waals surface area contributed by atoms with Gasteiger partial charge in [-0.2, -0.15) is 5.10 Å². The van der Waals surface area contributed by atoms with E-state index in [0.717, 1.165) is 46.5 Å². The highest BCUT2D eigenvalue weighted by Crippen LogP contribution is 2.36. The van der Waals surface area contributed by atoms with Gasteiger partial charge in [0.05, 0.1) is 12.8 Å². The van der Waals surface area contributed by atoms with Crippen LogP contribution >= 0.6 is 0 Å². The van der Waals surface area contributed by atoms with Crippen LogP contribution in [0.2, 0.25) is 0 Å². The van der Waals surface area contributed by atoms with E-state index in [1.54, 1.807) is 30.9 Å². The van der Waals surface area contributed by atoms with Gasteiger partial charge in [-0.25, -0.2) is 0 Å². The van der Waals surface area contributed by atoms with E-state index in [-0.39, 0.29) is 5.91 Å². The Labute approximate surface area is 235 Å². The molecule has 2 amide bonds. The van der Waals surface area contributed by atoms with Gasteiger partial charge in [0.15, 0.2) is 0 Å². The lowest BCUT2D eigenvalue weighted by Crippen LogP contribution is -2.49. The number of anilines is 1. The summed E-state index contributed by atoms with van der Waals surface area (Å²) in [5, 5.41) is 16.1. The van der Waals surface area contributed by atoms with E-state index < -0.39 is 23.5 Å². The molecule has 0 fully saturated rings. The number of carbonyl (C=O) groups excluding carboxylic acids is 2. The van der Waals surface area contributed by atoms with Crippen molar-refractivity contribution in [1.82, 2.24) is 15.1 Å². The summed E-state index contributed by atoms with van der Waals surface area (Å²) in [6.07, 6.45) is 6.20. The Kier molecular flexibility index (Phi) is 8.61. The average Bonchev–Trinajstić information content (AvgIpc) is 3.43. The van der Waals surface area contributed by atoms with Gasteiger partial charge in [0.25, 0.3) is 0 Å². The molecule has 0 saturated heterocycles. The standard InChI is InChI=1S/C31H38N4O5/c1-20-10-6-14-27(21(20)2)40-17-9-15-28(36)34-16-8-12-25-24(11-7-13-26(25)34)23-18-32-35(19-23)31(4,5)30(39)33-22(3)29(37)38/h6-7,10-11,13-14,18-19,22H,8-9,12,15-17H2,1-5H3,(H,33,39)(H,37,38). The summed E-state index contributed by atoms with van der Waals surface area (Å²) in [6, 6.07) is 10.9. The topological polar surface area (TPSA) is 114 Å². The van der Waals surface area contributed by atoms with Crippen LogP contribution in [0.1, 0.15) is 56.7 Å². The van der Waals surface area contributed by atoms with Gasteiger partial charge in [-0.3, -0.25) is 19.1 Å². The number of fused-ring (bicyclic) bond motifs is 1. The first kappa shape index (κ1) is 28.9. The summed E-state index contributed by atoms with van der Waals surface area (Å²) in [5.41, 5.74) is 4.99. The Bertz CT molecular complexity index is 1410. The van der Waals surface area contributed by atoms with Gasteiger partial charge in [-0.1, -0.05) is 24.3 Å². The SMILES string of the molecule is Cc1cccc(OCCCC(=O)N2CCCc3c(-c4cnn(C(C)(C)C(=O)NC(C)C(=O)O)c4)cccc32)c1C. The Morgan fingerprint density at radius 3 is 2.65 bits per heavy atom. The number of rotatable bonds is 10. The third kappa shape index (κ3) is 6.03. The van der Waals surface area contributed by atoms with Crippen molar-refractivity contribution in [3.63, 3.8) is 0 Å². The average molecular weight is 547 g/mol. The Morgan fingerprint density at radius 2 is 1.90 bits per heavy atom. The molecule has 40 heavy (non-hydrogen) atoms. The lowest BCUT2D eigenvalue weighted by Gasteiger charge is -2.31. The van der Waals surface area contributed by atoms with Crippen molar-refractivity contribution >= 4 is 23.5 Å². The van der Waals surface area contributed by atoms with Crippen LogP contribution in [0.3, 0.4) is 0 Å². The van der Waals surface area contributed by atoms with E-state index in [0.29, 0.717) is 26.0 Å². The minimum Gasteiger partial charge on any atom is -0.493 e. The third-order valence-corrected chi connectivity index (χ3v) is 7.64. The molecule has 1 aromatic heterocycles. The molecule has 4 rings (SSSR count). The number of hydrogen-bond donors (Lipinski definition) is 2. The van der Waals surface area contributed by atoms with E-state index in [9.17, 15) is 14.4 Å². The number of nitrogens with zero attached hydrogens (tertiary/aromatic N) is 3. The molecular formula is C31H38N4O5. The van der Waals surface area contributed by atoms with Crippen molar-refractivity contribution in [1.29, 1.82) is 0 Å². The monoisotopic (exact) mass is 546 g/mol. The molecule has 9 nitrogen and oxygen atoms in total. The molecule has 1 atom stereocenters. The van der Waals surface area contributed by atoms with E-state index in [1.165, 1.54) is 12.5 Å². The number of nitrogens with one attached hydrogen (secondary N) is 1. The fraction of sp³-hybridized carbons (Fsp3) is 0.419. The first-order valence-corrected chi connectivity index (χ1v) is 13.7. The van der Waals surface area contributed by atoms with Gasteiger partial charge in [0.1, 0.15) is 17.3 Å². The molecule has 9 heteroatoms. The van der Waals surface area contributed by atoms with Crippen LogP contribution in [0.5, 0.6) is 5.75 Å². The highest BCUT2D eigenvalue weighted by molar-refractivity contribution is 5.96. The van der Waals surface area contributed by atoms with Gasteiger partial charge in [-0.15, -0.1) is 0 Å². The van der Waals surface area contributed by atoms with Gasteiger partial charge in [0.2, 0.25) is 11.8 Å². The summed E-state index contributed by atoms with van der Waals surface area (Å²) in [5.74, 6) is -0.610. The Hall–Kier alpha value is -4.14. The second-order valence-electron chi connectivity index (χ2n) is 10.9. The summed E-state index contributed by atoms with van der Waals surface area (Å²) >= 11 is 0. The van der Waals surface area contributed by atoms with Crippen LogP contribution in [-0.2, 0) is 26.3 Å². The smallest absolute Gasteiger partial charge is 0.325 e. The molecule has 2 heterocycles. The van der Waals surface area contributed by atoms with Crippen molar-refractivity contribution < 1.29 is 24.2 Å². The predicted molar refractivity (Wildman–Crippen MR) is 154 cm³/mol. The molecule has 1 aliphatic rings. The fourth-order valence-corrected chi connectivity index (χ4v) is 4.88. The molecule has 0 saturated carbocycles. The molecule has 1 aliphatic heterocycles. The van der Waals surface area contributed by atoms with E-state index in [2.05, 4.69) is 23.4 Å². The van der Waals surface area contributed by atoms with Crippen molar-refractivity contribution in [2.24, 2.45) is 0 Å². The first-order valence-electron chi connectivity index (χ1n) is 13.7. The third-order valence-electron chi connectivity index (χ3n) is 7.64. The number of aliphatic carboxylic acids is 1. The van der Waals surface area contributed by atoms with Crippen LogP contribution in [0, 0.1) is 13.8 Å². The number of ether oxygens (including phenoxy) is 1. The predicted octanol–water partition coefficient (Wildman–Crippen LogP) is 4.63. The summed E-state index contributed by atoms with van der Waals surface area (Å²) < 4.78 is 7.49. The lowest BCUT2D eigenvalue weighted by atomic mass is 9.93. The zero-order chi connectivity index (χ0) is 29.0. The molecule has 0 radical (unpaired) electrons. The first-order chi connectivity index (χ1) is 19.0.